The smallest absolute Gasteiger partial charge is 0.191 e. The summed E-state index contributed by atoms with van der Waals surface area (Å²) in [5, 5.41) is 7.06. The van der Waals surface area contributed by atoms with Crippen LogP contribution in [0.25, 0.3) is 0 Å². The molecular weight excluding hydrogens is 366 g/mol. The van der Waals surface area contributed by atoms with Crippen LogP contribution < -0.4 is 20.1 Å². The molecule has 2 unspecified atom stereocenters. The van der Waals surface area contributed by atoms with Gasteiger partial charge in [-0.15, -0.1) is 0 Å². The monoisotopic (exact) mass is 403 g/mol. The summed E-state index contributed by atoms with van der Waals surface area (Å²) in [7, 11) is 5.59. The highest BCUT2D eigenvalue weighted by Crippen LogP contribution is 2.24. The van der Waals surface area contributed by atoms with Crippen LogP contribution in [0.5, 0.6) is 11.5 Å². The van der Waals surface area contributed by atoms with Gasteiger partial charge in [-0.1, -0.05) is 0 Å². The highest BCUT2D eigenvalue weighted by atomic mass is 16.5. The number of methoxy groups -OCH3 is 2. The van der Waals surface area contributed by atoms with Crippen LogP contribution in [0.15, 0.2) is 23.2 Å². The van der Waals surface area contributed by atoms with E-state index in [-0.39, 0.29) is 0 Å². The van der Waals surface area contributed by atoms with Gasteiger partial charge in [-0.25, -0.2) is 0 Å². The van der Waals surface area contributed by atoms with Gasteiger partial charge in [-0.3, -0.25) is 9.89 Å². The van der Waals surface area contributed by atoms with Crippen LogP contribution in [0.4, 0.5) is 0 Å². The molecule has 3 rings (SSSR count). The molecule has 2 aliphatic heterocycles. The Hall–Kier alpha value is -1.99. The summed E-state index contributed by atoms with van der Waals surface area (Å²) in [5.74, 6) is 2.63. The maximum atomic E-state index is 5.40. The van der Waals surface area contributed by atoms with Crippen molar-refractivity contribution in [2.75, 3.05) is 54.0 Å². The van der Waals surface area contributed by atoms with Crippen molar-refractivity contribution in [3.05, 3.63) is 23.8 Å². The Morgan fingerprint density at radius 1 is 1.14 bits per heavy atom. The molecule has 1 aromatic carbocycles. The van der Waals surface area contributed by atoms with Crippen molar-refractivity contribution in [3.63, 3.8) is 0 Å². The predicted molar refractivity (Wildman–Crippen MR) is 118 cm³/mol. The largest absolute Gasteiger partial charge is 0.497 e. The van der Waals surface area contributed by atoms with Gasteiger partial charge >= 0.3 is 0 Å². The fraction of sp³-hybridized carbons (Fsp3) is 0.682. The SMILES string of the molecule is CCNC(=NCC1CCCN1C)NC1CCN(Cc2cc(OC)cc(OC)c2)C1. The van der Waals surface area contributed by atoms with Crippen molar-refractivity contribution < 1.29 is 9.47 Å². The van der Waals surface area contributed by atoms with Crippen molar-refractivity contribution in [2.24, 2.45) is 4.99 Å². The number of rotatable bonds is 8. The number of likely N-dealkylation sites (tertiary alicyclic amines) is 2. The lowest BCUT2D eigenvalue weighted by Crippen LogP contribution is -2.45. The zero-order valence-corrected chi connectivity index (χ0v) is 18.4. The van der Waals surface area contributed by atoms with E-state index in [1.54, 1.807) is 14.2 Å². The highest BCUT2D eigenvalue weighted by Gasteiger charge is 2.24. The number of guanidine groups is 1. The Balaban J connectivity index is 1.53. The number of hydrogen-bond acceptors (Lipinski definition) is 5. The van der Waals surface area contributed by atoms with E-state index in [4.69, 9.17) is 14.5 Å². The molecular formula is C22H37N5O2. The minimum absolute atomic E-state index is 0.418. The van der Waals surface area contributed by atoms with E-state index in [0.717, 1.165) is 56.6 Å². The minimum atomic E-state index is 0.418. The molecule has 2 atom stereocenters. The number of hydrogen-bond donors (Lipinski definition) is 2. The lowest BCUT2D eigenvalue weighted by Gasteiger charge is -2.21. The Bertz CT molecular complexity index is 659. The molecule has 0 bridgehead atoms. The summed E-state index contributed by atoms with van der Waals surface area (Å²) in [6, 6.07) is 7.09. The van der Waals surface area contributed by atoms with Crippen LogP contribution in [0.3, 0.4) is 0 Å². The molecule has 2 saturated heterocycles. The van der Waals surface area contributed by atoms with Gasteiger partial charge in [-0.2, -0.15) is 0 Å². The summed E-state index contributed by atoms with van der Waals surface area (Å²) < 4.78 is 10.8. The molecule has 7 nitrogen and oxygen atoms in total. The van der Waals surface area contributed by atoms with E-state index in [1.807, 2.05) is 6.07 Å². The second-order valence-electron chi connectivity index (χ2n) is 8.08. The first-order chi connectivity index (χ1) is 14.1. The zero-order valence-electron chi connectivity index (χ0n) is 18.4. The van der Waals surface area contributed by atoms with Crippen molar-refractivity contribution in [1.82, 2.24) is 20.4 Å². The third-order valence-electron chi connectivity index (χ3n) is 5.91. The van der Waals surface area contributed by atoms with Crippen LogP contribution in [0, 0.1) is 0 Å². The van der Waals surface area contributed by atoms with E-state index in [9.17, 15) is 0 Å². The molecule has 0 saturated carbocycles. The number of nitrogens with one attached hydrogen (secondary N) is 2. The van der Waals surface area contributed by atoms with Crippen LogP contribution in [-0.2, 0) is 6.54 Å². The molecule has 1 aromatic rings. The van der Waals surface area contributed by atoms with Crippen molar-refractivity contribution in [2.45, 2.75) is 44.8 Å². The Labute approximate surface area is 175 Å². The van der Waals surface area contributed by atoms with Gasteiger partial charge in [0.05, 0.1) is 20.8 Å². The van der Waals surface area contributed by atoms with Gasteiger partial charge < -0.3 is 25.0 Å². The molecule has 0 radical (unpaired) electrons. The van der Waals surface area contributed by atoms with Crippen LogP contribution >= 0.6 is 0 Å². The number of nitrogens with zero attached hydrogens (tertiary/aromatic N) is 3. The summed E-state index contributed by atoms with van der Waals surface area (Å²) in [6.45, 7) is 8.03. The van der Waals surface area contributed by atoms with E-state index in [1.165, 1.54) is 24.9 Å². The topological polar surface area (TPSA) is 61.4 Å². The second kappa shape index (κ2) is 10.7. The molecule has 2 N–H and O–H groups in total. The van der Waals surface area contributed by atoms with Crippen molar-refractivity contribution >= 4 is 5.96 Å². The van der Waals surface area contributed by atoms with E-state index in [0.29, 0.717) is 12.1 Å². The van der Waals surface area contributed by atoms with E-state index < -0.39 is 0 Å². The van der Waals surface area contributed by atoms with E-state index >= 15 is 0 Å². The van der Waals surface area contributed by atoms with Gasteiger partial charge in [0.15, 0.2) is 5.96 Å². The summed E-state index contributed by atoms with van der Waals surface area (Å²) >= 11 is 0. The van der Waals surface area contributed by atoms with Crippen LogP contribution in [-0.4, -0.2) is 81.8 Å². The first-order valence-corrected chi connectivity index (χ1v) is 10.8. The molecule has 2 fully saturated rings. The third kappa shape index (κ3) is 6.24. The first kappa shape index (κ1) is 21.7. The zero-order chi connectivity index (χ0) is 20.6. The van der Waals surface area contributed by atoms with Gasteiger partial charge in [-0.05, 0) is 57.5 Å². The van der Waals surface area contributed by atoms with Gasteiger partial charge in [0.25, 0.3) is 0 Å². The molecule has 2 aliphatic rings. The summed E-state index contributed by atoms with van der Waals surface area (Å²) in [5.41, 5.74) is 1.21. The third-order valence-corrected chi connectivity index (χ3v) is 5.91. The van der Waals surface area contributed by atoms with Gasteiger partial charge in [0.2, 0.25) is 0 Å². The van der Waals surface area contributed by atoms with Gasteiger partial charge in [0, 0.05) is 44.3 Å². The number of benzene rings is 1. The fourth-order valence-corrected chi connectivity index (χ4v) is 4.23. The van der Waals surface area contributed by atoms with Crippen molar-refractivity contribution in [1.29, 1.82) is 0 Å². The minimum Gasteiger partial charge on any atom is -0.497 e. The molecule has 0 aliphatic carbocycles. The number of likely N-dealkylation sites (N-methyl/N-ethyl adjacent to an activating group) is 1. The fourth-order valence-electron chi connectivity index (χ4n) is 4.23. The maximum Gasteiger partial charge on any atom is 0.191 e. The average Bonchev–Trinajstić information content (AvgIpc) is 3.34. The normalized spacial score (nSPS) is 23.4. The molecule has 0 spiro atoms. The second-order valence-corrected chi connectivity index (χ2v) is 8.08. The highest BCUT2D eigenvalue weighted by molar-refractivity contribution is 5.80. The standard InChI is InChI=1S/C22H37N5O2/c1-5-23-22(24-14-19-7-6-9-26(19)2)25-18-8-10-27(16-18)15-17-11-20(28-3)13-21(12-17)29-4/h11-13,18-19H,5-10,14-16H2,1-4H3,(H2,23,24,25). The number of ether oxygens (including phenoxy) is 2. The summed E-state index contributed by atoms with van der Waals surface area (Å²) in [6.07, 6.45) is 3.66. The van der Waals surface area contributed by atoms with Crippen molar-refractivity contribution in [3.8, 4) is 11.5 Å². The molecule has 2 heterocycles. The maximum absolute atomic E-state index is 5.40. The van der Waals surface area contributed by atoms with Crippen LogP contribution in [0.1, 0.15) is 31.7 Å². The molecule has 7 heteroatoms. The lowest BCUT2D eigenvalue weighted by atomic mass is 10.2. The summed E-state index contributed by atoms with van der Waals surface area (Å²) in [4.78, 5) is 9.76. The van der Waals surface area contributed by atoms with E-state index in [2.05, 4.69) is 46.5 Å². The quantitative estimate of drug-likeness (QED) is 0.511. The molecule has 0 aromatic heterocycles. The first-order valence-electron chi connectivity index (χ1n) is 10.8. The number of aliphatic imine (C=N–C) groups is 1. The Kier molecular flexibility index (Phi) is 8.00. The predicted octanol–water partition coefficient (Wildman–Crippen LogP) is 1.93. The van der Waals surface area contributed by atoms with Gasteiger partial charge in [0.1, 0.15) is 11.5 Å². The Morgan fingerprint density at radius 2 is 1.90 bits per heavy atom. The molecule has 29 heavy (non-hydrogen) atoms. The van der Waals surface area contributed by atoms with Crippen LogP contribution in [0.2, 0.25) is 0 Å². The molecule has 0 amide bonds. The Morgan fingerprint density at radius 3 is 2.52 bits per heavy atom. The molecule has 162 valence electrons. The average molecular weight is 404 g/mol. The lowest BCUT2D eigenvalue weighted by molar-refractivity contribution is 0.316.